The Bertz CT molecular complexity index is 435. The Morgan fingerprint density at radius 3 is 2.93 bits per heavy atom. The quantitative estimate of drug-likeness (QED) is 0.438. The zero-order valence-corrected chi connectivity index (χ0v) is 8.69. The second-order valence-corrected chi connectivity index (χ2v) is 3.18. The van der Waals surface area contributed by atoms with Gasteiger partial charge in [0, 0.05) is 25.9 Å². The van der Waals surface area contributed by atoms with Crippen LogP contribution in [0.1, 0.15) is 12.5 Å². The molecule has 0 atom stereocenters. The van der Waals surface area contributed by atoms with Crippen LogP contribution in [0, 0.1) is 11.5 Å². The van der Waals surface area contributed by atoms with Gasteiger partial charge in [-0.1, -0.05) is 6.07 Å². The number of aliphatic imine (C=N–C) groups is 1. The van der Waals surface area contributed by atoms with Crippen molar-refractivity contribution < 1.29 is 0 Å². The summed E-state index contributed by atoms with van der Waals surface area (Å²) in [7, 11) is 1.83. The van der Waals surface area contributed by atoms with Crippen molar-refractivity contribution in [1.82, 2.24) is 9.88 Å². The number of amidine groups is 1. The Labute approximate surface area is 87.7 Å². The molecule has 1 rings (SSSR count). The number of H-pyrrole nitrogens is 1. The summed E-state index contributed by atoms with van der Waals surface area (Å²) in [5.74, 6) is 0.642. The fourth-order valence-electron chi connectivity index (χ4n) is 1.09. The largest absolute Gasteiger partial charge is 0.358 e. The second kappa shape index (κ2) is 4.96. The number of hydrogen-bond acceptors (Lipinski definition) is 3. The van der Waals surface area contributed by atoms with Crippen LogP contribution in [0.5, 0.6) is 0 Å². The molecule has 5 nitrogen and oxygen atoms in total. The molecule has 0 aliphatic carbocycles. The predicted octanol–water partition coefficient (Wildman–Crippen LogP) is 0.706. The smallest absolute Gasteiger partial charge is 0.247 e. The number of nitrogens with one attached hydrogen (secondary N) is 1. The number of hydrogen-bond donors (Lipinski definition) is 1. The molecule has 0 unspecified atom stereocenters. The van der Waals surface area contributed by atoms with Gasteiger partial charge >= 0.3 is 0 Å². The van der Waals surface area contributed by atoms with Gasteiger partial charge in [0.05, 0.1) is 0 Å². The van der Waals surface area contributed by atoms with Crippen molar-refractivity contribution in [3.8, 4) is 6.19 Å². The van der Waals surface area contributed by atoms with Crippen molar-refractivity contribution in [2.45, 2.75) is 13.5 Å². The molecule has 0 aliphatic heterocycles. The van der Waals surface area contributed by atoms with E-state index in [4.69, 9.17) is 5.26 Å². The third-order valence-corrected chi connectivity index (χ3v) is 2.03. The molecule has 1 aromatic heterocycles. The molecule has 0 bridgehead atoms. The highest BCUT2D eigenvalue weighted by Crippen LogP contribution is 1.99. The lowest BCUT2D eigenvalue weighted by Crippen LogP contribution is -2.23. The number of rotatable bonds is 2. The topological polar surface area (TPSA) is 72.2 Å². The molecule has 0 saturated heterocycles. The molecule has 1 aromatic rings. The van der Waals surface area contributed by atoms with E-state index in [0.29, 0.717) is 12.4 Å². The van der Waals surface area contributed by atoms with E-state index in [9.17, 15) is 4.79 Å². The summed E-state index contributed by atoms with van der Waals surface area (Å²) in [6.07, 6.45) is 3.38. The summed E-state index contributed by atoms with van der Waals surface area (Å²) in [4.78, 5) is 18.8. The van der Waals surface area contributed by atoms with Crippen LogP contribution in [0.25, 0.3) is 0 Å². The zero-order chi connectivity index (χ0) is 11.3. The standard InChI is InChI=1S/C10H12N4O/c1-8(13-7-11)14(2)6-9-3-4-10(15)12-5-9/h3-5H,6H2,1-2H3,(H,12,15). The molecule has 1 N–H and O–H groups in total. The van der Waals surface area contributed by atoms with E-state index in [2.05, 4.69) is 9.98 Å². The first-order valence-electron chi connectivity index (χ1n) is 4.45. The first-order valence-corrected chi connectivity index (χ1v) is 4.45. The molecular formula is C10H12N4O. The Balaban J connectivity index is 2.71. The Morgan fingerprint density at radius 2 is 2.40 bits per heavy atom. The molecular weight excluding hydrogens is 192 g/mol. The van der Waals surface area contributed by atoms with Gasteiger partial charge in [0.2, 0.25) is 11.8 Å². The molecule has 1 heterocycles. The summed E-state index contributed by atoms with van der Waals surface area (Å²) >= 11 is 0. The van der Waals surface area contributed by atoms with E-state index < -0.39 is 0 Å². The fraction of sp³-hybridized carbons (Fsp3) is 0.300. The van der Waals surface area contributed by atoms with Crippen molar-refractivity contribution in [3.63, 3.8) is 0 Å². The van der Waals surface area contributed by atoms with E-state index in [1.165, 1.54) is 6.07 Å². The number of nitrogens with zero attached hydrogens (tertiary/aromatic N) is 3. The minimum atomic E-state index is -0.121. The Morgan fingerprint density at radius 1 is 1.67 bits per heavy atom. The van der Waals surface area contributed by atoms with Gasteiger partial charge < -0.3 is 9.88 Å². The predicted molar refractivity (Wildman–Crippen MR) is 57.3 cm³/mol. The summed E-state index contributed by atoms with van der Waals surface area (Å²) in [5, 5.41) is 8.38. The highest BCUT2D eigenvalue weighted by Gasteiger charge is 2.01. The normalized spacial score (nSPS) is 10.9. The lowest BCUT2D eigenvalue weighted by Gasteiger charge is -2.17. The van der Waals surface area contributed by atoms with Crippen LogP contribution in [0.4, 0.5) is 0 Å². The van der Waals surface area contributed by atoms with Crippen LogP contribution in [0.15, 0.2) is 28.1 Å². The molecule has 0 fully saturated rings. The van der Waals surface area contributed by atoms with Crippen LogP contribution in [0.3, 0.4) is 0 Å². The molecule has 15 heavy (non-hydrogen) atoms. The molecule has 0 amide bonds. The SMILES string of the molecule is CC(=NC#N)N(C)Cc1ccc(=O)[nH]c1. The Kier molecular flexibility index (Phi) is 3.63. The van der Waals surface area contributed by atoms with E-state index in [1.807, 2.05) is 11.9 Å². The maximum absolute atomic E-state index is 10.8. The summed E-state index contributed by atoms with van der Waals surface area (Å²) in [5.41, 5.74) is 0.841. The average Bonchev–Trinajstić information content (AvgIpc) is 2.22. The van der Waals surface area contributed by atoms with Gasteiger partial charge in [-0.15, -0.1) is 0 Å². The monoisotopic (exact) mass is 204 g/mol. The van der Waals surface area contributed by atoms with Gasteiger partial charge in [-0.2, -0.15) is 10.3 Å². The number of nitriles is 1. The van der Waals surface area contributed by atoms with Crippen LogP contribution in [0.2, 0.25) is 0 Å². The van der Waals surface area contributed by atoms with Crippen LogP contribution in [-0.2, 0) is 6.54 Å². The van der Waals surface area contributed by atoms with Gasteiger partial charge in [-0.05, 0) is 12.5 Å². The highest BCUT2D eigenvalue weighted by atomic mass is 16.1. The maximum atomic E-state index is 10.8. The summed E-state index contributed by atoms with van der Waals surface area (Å²) in [6.45, 7) is 2.36. The van der Waals surface area contributed by atoms with E-state index in [0.717, 1.165) is 5.56 Å². The first kappa shape index (κ1) is 11.0. The van der Waals surface area contributed by atoms with Gasteiger partial charge in [-0.25, -0.2) is 0 Å². The lowest BCUT2D eigenvalue weighted by atomic mass is 10.2. The second-order valence-electron chi connectivity index (χ2n) is 3.18. The minimum Gasteiger partial charge on any atom is -0.358 e. The van der Waals surface area contributed by atoms with Gasteiger partial charge in [0.1, 0.15) is 5.84 Å². The van der Waals surface area contributed by atoms with E-state index in [1.54, 1.807) is 25.4 Å². The highest BCUT2D eigenvalue weighted by molar-refractivity contribution is 5.80. The van der Waals surface area contributed by atoms with Crippen molar-refractivity contribution in [2.24, 2.45) is 4.99 Å². The van der Waals surface area contributed by atoms with Crippen molar-refractivity contribution in [2.75, 3.05) is 7.05 Å². The minimum absolute atomic E-state index is 0.121. The van der Waals surface area contributed by atoms with Gasteiger partial charge in [0.25, 0.3) is 0 Å². The average molecular weight is 204 g/mol. The van der Waals surface area contributed by atoms with E-state index in [-0.39, 0.29) is 5.56 Å². The number of aromatic amines is 1. The summed E-state index contributed by atoms with van der Waals surface area (Å²) in [6, 6.07) is 3.22. The molecule has 0 aliphatic rings. The zero-order valence-electron chi connectivity index (χ0n) is 8.69. The van der Waals surface area contributed by atoms with Gasteiger partial charge in [0.15, 0.2) is 0 Å². The third-order valence-electron chi connectivity index (χ3n) is 2.03. The van der Waals surface area contributed by atoms with Crippen molar-refractivity contribution in [3.05, 3.63) is 34.2 Å². The van der Waals surface area contributed by atoms with Crippen molar-refractivity contribution in [1.29, 1.82) is 5.26 Å². The Hall–Kier alpha value is -2.09. The van der Waals surface area contributed by atoms with Gasteiger partial charge in [-0.3, -0.25) is 4.79 Å². The van der Waals surface area contributed by atoms with Crippen LogP contribution in [-0.4, -0.2) is 22.8 Å². The maximum Gasteiger partial charge on any atom is 0.247 e. The van der Waals surface area contributed by atoms with Crippen LogP contribution >= 0.6 is 0 Å². The van der Waals surface area contributed by atoms with Crippen LogP contribution < -0.4 is 5.56 Å². The summed E-state index contributed by atoms with van der Waals surface area (Å²) < 4.78 is 0. The molecule has 0 saturated carbocycles. The third kappa shape index (κ3) is 3.27. The number of aromatic nitrogens is 1. The number of pyridine rings is 1. The van der Waals surface area contributed by atoms with E-state index >= 15 is 0 Å². The molecule has 0 spiro atoms. The molecule has 0 aromatic carbocycles. The fourth-order valence-corrected chi connectivity index (χ4v) is 1.09. The first-order chi connectivity index (χ1) is 7.13. The lowest BCUT2D eigenvalue weighted by molar-refractivity contribution is 0.497. The molecule has 78 valence electrons. The molecule has 0 radical (unpaired) electrons. The molecule has 5 heteroatoms. The van der Waals surface area contributed by atoms with Crippen molar-refractivity contribution >= 4 is 5.84 Å².